The number of rotatable bonds is 5. The summed E-state index contributed by atoms with van der Waals surface area (Å²) in [5.74, 6) is 3.60. The molecule has 0 bridgehead atoms. The fraction of sp³-hybridized carbons (Fsp3) is 0.429. The molecule has 86 valence electrons. The highest BCUT2D eigenvalue weighted by molar-refractivity contribution is 5.37. The Morgan fingerprint density at radius 1 is 1.50 bits per heavy atom. The third-order valence-corrected chi connectivity index (χ3v) is 2.75. The van der Waals surface area contributed by atoms with Crippen molar-refractivity contribution in [2.24, 2.45) is 0 Å². The summed E-state index contributed by atoms with van der Waals surface area (Å²) in [6.45, 7) is 2.05. The molecule has 0 amide bonds. The first kappa shape index (κ1) is 12.6. The van der Waals surface area contributed by atoms with Gasteiger partial charge in [-0.1, -0.05) is 12.1 Å². The van der Waals surface area contributed by atoms with Crippen molar-refractivity contribution in [3.05, 3.63) is 29.3 Å². The third-order valence-electron chi connectivity index (χ3n) is 2.75. The topological polar surface area (TPSA) is 21.3 Å². The summed E-state index contributed by atoms with van der Waals surface area (Å²) >= 11 is 0. The zero-order valence-corrected chi connectivity index (χ0v) is 10.2. The Bertz CT molecular complexity index is 379. The number of hydrogen-bond donors (Lipinski definition) is 1. The van der Waals surface area contributed by atoms with E-state index in [0.717, 1.165) is 24.2 Å². The molecule has 0 radical (unpaired) electrons. The van der Waals surface area contributed by atoms with Crippen molar-refractivity contribution in [3.63, 3.8) is 0 Å². The standard InChI is InChI=1S/C14H19NO/c1-5-6-7-13(15-3)12-8-9-14(16-4)11(2)10-12/h1,8-10,13,15H,6-7H2,2-4H3. The first-order chi connectivity index (χ1) is 7.72. The zero-order valence-electron chi connectivity index (χ0n) is 10.2. The summed E-state index contributed by atoms with van der Waals surface area (Å²) in [7, 11) is 3.65. The van der Waals surface area contributed by atoms with Crippen molar-refractivity contribution < 1.29 is 4.74 Å². The maximum atomic E-state index is 5.29. The molecular weight excluding hydrogens is 198 g/mol. The summed E-state index contributed by atoms with van der Waals surface area (Å²) < 4.78 is 5.24. The van der Waals surface area contributed by atoms with Crippen LogP contribution < -0.4 is 10.1 Å². The second-order valence-corrected chi connectivity index (χ2v) is 3.81. The van der Waals surface area contributed by atoms with E-state index in [1.807, 2.05) is 13.1 Å². The second kappa shape index (κ2) is 6.19. The van der Waals surface area contributed by atoms with Crippen molar-refractivity contribution in [1.82, 2.24) is 5.32 Å². The number of nitrogens with one attached hydrogen (secondary N) is 1. The molecule has 1 unspecified atom stereocenters. The fourth-order valence-corrected chi connectivity index (χ4v) is 1.82. The first-order valence-corrected chi connectivity index (χ1v) is 5.48. The van der Waals surface area contributed by atoms with Gasteiger partial charge in [0.15, 0.2) is 0 Å². The highest BCUT2D eigenvalue weighted by Gasteiger charge is 2.09. The Labute approximate surface area is 98.0 Å². The van der Waals surface area contributed by atoms with E-state index in [1.165, 1.54) is 5.56 Å². The summed E-state index contributed by atoms with van der Waals surface area (Å²) in [6, 6.07) is 6.56. The molecule has 1 atom stereocenters. The van der Waals surface area contributed by atoms with Gasteiger partial charge in [-0.3, -0.25) is 0 Å². The lowest BCUT2D eigenvalue weighted by Gasteiger charge is -2.17. The van der Waals surface area contributed by atoms with Crippen LogP contribution in [0.15, 0.2) is 18.2 Å². The van der Waals surface area contributed by atoms with Gasteiger partial charge in [0.05, 0.1) is 7.11 Å². The van der Waals surface area contributed by atoms with Crippen molar-refractivity contribution in [3.8, 4) is 18.1 Å². The molecule has 0 saturated heterocycles. The van der Waals surface area contributed by atoms with Gasteiger partial charge in [-0.05, 0) is 37.6 Å². The molecule has 1 aromatic rings. The van der Waals surface area contributed by atoms with E-state index in [9.17, 15) is 0 Å². The lowest BCUT2D eigenvalue weighted by Crippen LogP contribution is -2.16. The Kier molecular flexibility index (Phi) is 4.88. The number of ether oxygens (including phenoxy) is 1. The molecule has 16 heavy (non-hydrogen) atoms. The van der Waals surface area contributed by atoms with Gasteiger partial charge in [-0.25, -0.2) is 0 Å². The molecule has 1 rings (SSSR count). The summed E-state index contributed by atoms with van der Waals surface area (Å²) in [5, 5.41) is 3.28. The minimum atomic E-state index is 0.320. The Morgan fingerprint density at radius 3 is 2.75 bits per heavy atom. The predicted molar refractivity (Wildman–Crippen MR) is 67.6 cm³/mol. The predicted octanol–water partition coefficient (Wildman–Crippen LogP) is 2.68. The van der Waals surface area contributed by atoms with Crippen LogP contribution in [0.4, 0.5) is 0 Å². The monoisotopic (exact) mass is 217 g/mol. The normalized spacial score (nSPS) is 11.9. The van der Waals surface area contributed by atoms with Crippen LogP contribution in [0.2, 0.25) is 0 Å². The van der Waals surface area contributed by atoms with Crippen LogP contribution in [0.25, 0.3) is 0 Å². The maximum absolute atomic E-state index is 5.29. The molecule has 0 aliphatic rings. The molecule has 1 N–H and O–H groups in total. The molecule has 0 fully saturated rings. The molecule has 2 nitrogen and oxygen atoms in total. The van der Waals surface area contributed by atoms with Gasteiger partial charge < -0.3 is 10.1 Å². The lowest BCUT2D eigenvalue weighted by atomic mass is 10.00. The Balaban J connectivity index is 2.85. The quantitative estimate of drug-likeness (QED) is 0.766. The van der Waals surface area contributed by atoms with Crippen LogP contribution in [-0.4, -0.2) is 14.2 Å². The number of hydrogen-bond acceptors (Lipinski definition) is 2. The molecular formula is C14H19NO. The molecule has 0 aliphatic carbocycles. The Morgan fingerprint density at radius 2 is 2.25 bits per heavy atom. The van der Waals surface area contributed by atoms with E-state index in [4.69, 9.17) is 11.2 Å². The molecule has 0 saturated carbocycles. The second-order valence-electron chi connectivity index (χ2n) is 3.81. The SMILES string of the molecule is C#CCCC(NC)c1ccc(OC)c(C)c1. The molecule has 2 heteroatoms. The molecule has 0 aromatic heterocycles. The van der Waals surface area contributed by atoms with Crippen LogP contribution >= 0.6 is 0 Å². The molecule has 1 aromatic carbocycles. The summed E-state index contributed by atoms with van der Waals surface area (Å²) in [5.41, 5.74) is 2.41. The van der Waals surface area contributed by atoms with E-state index in [0.29, 0.717) is 6.04 Å². The molecule has 0 heterocycles. The minimum absolute atomic E-state index is 0.320. The van der Waals surface area contributed by atoms with Crippen LogP contribution in [0.1, 0.15) is 30.0 Å². The van der Waals surface area contributed by atoms with Crippen molar-refractivity contribution >= 4 is 0 Å². The highest BCUT2D eigenvalue weighted by atomic mass is 16.5. The van der Waals surface area contributed by atoms with E-state index >= 15 is 0 Å². The largest absolute Gasteiger partial charge is 0.496 e. The minimum Gasteiger partial charge on any atom is -0.496 e. The van der Waals surface area contributed by atoms with E-state index in [-0.39, 0.29) is 0 Å². The fourth-order valence-electron chi connectivity index (χ4n) is 1.82. The van der Waals surface area contributed by atoms with Crippen LogP contribution in [0, 0.1) is 19.3 Å². The van der Waals surface area contributed by atoms with Crippen LogP contribution in [0.3, 0.4) is 0 Å². The number of aryl methyl sites for hydroxylation is 1. The zero-order chi connectivity index (χ0) is 12.0. The number of terminal acetylenes is 1. The van der Waals surface area contributed by atoms with Gasteiger partial charge >= 0.3 is 0 Å². The van der Waals surface area contributed by atoms with E-state index in [1.54, 1.807) is 7.11 Å². The van der Waals surface area contributed by atoms with Gasteiger partial charge in [0.25, 0.3) is 0 Å². The van der Waals surface area contributed by atoms with E-state index < -0.39 is 0 Å². The van der Waals surface area contributed by atoms with Gasteiger partial charge in [-0.2, -0.15) is 0 Å². The summed E-state index contributed by atoms with van der Waals surface area (Å²) in [6.07, 6.45) is 7.03. The van der Waals surface area contributed by atoms with Gasteiger partial charge in [0.1, 0.15) is 5.75 Å². The highest BCUT2D eigenvalue weighted by Crippen LogP contribution is 2.24. The smallest absolute Gasteiger partial charge is 0.121 e. The number of methoxy groups -OCH3 is 1. The number of benzene rings is 1. The third kappa shape index (κ3) is 3.01. The van der Waals surface area contributed by atoms with Crippen molar-refractivity contribution in [1.29, 1.82) is 0 Å². The van der Waals surface area contributed by atoms with Gasteiger partial charge in [-0.15, -0.1) is 12.3 Å². The van der Waals surface area contributed by atoms with Gasteiger partial charge in [0, 0.05) is 12.5 Å². The lowest BCUT2D eigenvalue weighted by molar-refractivity contribution is 0.411. The summed E-state index contributed by atoms with van der Waals surface area (Å²) in [4.78, 5) is 0. The molecule has 0 aliphatic heterocycles. The first-order valence-electron chi connectivity index (χ1n) is 5.48. The van der Waals surface area contributed by atoms with Gasteiger partial charge in [0.2, 0.25) is 0 Å². The van der Waals surface area contributed by atoms with Crippen LogP contribution in [-0.2, 0) is 0 Å². The molecule has 0 spiro atoms. The Hall–Kier alpha value is -1.46. The van der Waals surface area contributed by atoms with Crippen LogP contribution in [0.5, 0.6) is 5.75 Å². The average molecular weight is 217 g/mol. The maximum Gasteiger partial charge on any atom is 0.121 e. The van der Waals surface area contributed by atoms with E-state index in [2.05, 4.69) is 30.3 Å². The average Bonchev–Trinajstić information content (AvgIpc) is 2.30. The van der Waals surface area contributed by atoms with Crippen molar-refractivity contribution in [2.45, 2.75) is 25.8 Å². The van der Waals surface area contributed by atoms with Crippen molar-refractivity contribution in [2.75, 3.05) is 14.2 Å².